The van der Waals surface area contributed by atoms with Crippen molar-refractivity contribution in [3.05, 3.63) is 44.2 Å². The highest BCUT2D eigenvalue weighted by Crippen LogP contribution is 2.33. The number of aryl methyl sites for hydroxylation is 1. The fraction of sp³-hybridized carbons (Fsp3) is 0.308. The second kappa shape index (κ2) is 5.36. The molecule has 3 rings (SSSR count). The molecule has 7 nitrogen and oxygen atoms in total. The normalized spacial score (nSPS) is 12.9. The van der Waals surface area contributed by atoms with Crippen LogP contribution in [-0.2, 0) is 20.0 Å². The van der Waals surface area contributed by atoms with E-state index in [1.807, 2.05) is 12.1 Å². The van der Waals surface area contributed by atoms with Crippen LogP contribution in [0.5, 0.6) is 5.75 Å². The quantitative estimate of drug-likeness (QED) is 0.675. The van der Waals surface area contributed by atoms with E-state index in [1.54, 1.807) is 11.6 Å². The number of nitrogens with zero attached hydrogens (tertiary/aromatic N) is 3. The molecule has 1 aliphatic heterocycles. The Bertz CT molecular complexity index is 714. The fourth-order valence-corrected chi connectivity index (χ4v) is 2.96. The fourth-order valence-electron chi connectivity index (χ4n) is 2.41. The number of benzene rings is 1. The van der Waals surface area contributed by atoms with Gasteiger partial charge in [-0.05, 0) is 27.6 Å². The van der Waals surface area contributed by atoms with Crippen molar-refractivity contribution < 1.29 is 9.66 Å². The van der Waals surface area contributed by atoms with Gasteiger partial charge in [0.25, 0.3) is 0 Å². The lowest BCUT2D eigenvalue weighted by atomic mass is 10.1. The lowest BCUT2D eigenvalue weighted by Crippen LogP contribution is -2.07. The third-order valence-electron chi connectivity index (χ3n) is 3.36. The van der Waals surface area contributed by atoms with E-state index in [0.29, 0.717) is 19.0 Å². The molecule has 0 aliphatic carbocycles. The summed E-state index contributed by atoms with van der Waals surface area (Å²) in [5, 5.41) is 14.0. The van der Waals surface area contributed by atoms with Gasteiger partial charge >= 0.3 is 5.82 Å². The number of hydrogen-bond acceptors (Lipinski definition) is 5. The van der Waals surface area contributed by atoms with Gasteiger partial charge < -0.3 is 20.2 Å². The first-order valence-electron chi connectivity index (χ1n) is 6.40. The minimum atomic E-state index is -0.496. The standard InChI is InChI=1S/C13H13BrN4O3/c1-17-7-16-13(18(19)20)12(17)15-6-9-5-10(14)4-8-2-3-21-11(8)9/h4-5,7,15H,2-3,6H2,1H3. The highest BCUT2D eigenvalue weighted by Gasteiger charge is 2.22. The maximum atomic E-state index is 10.9. The van der Waals surface area contributed by atoms with Crippen LogP contribution >= 0.6 is 15.9 Å². The van der Waals surface area contributed by atoms with E-state index >= 15 is 0 Å². The number of anilines is 1. The van der Waals surface area contributed by atoms with E-state index in [0.717, 1.165) is 27.8 Å². The second-order valence-electron chi connectivity index (χ2n) is 4.79. The summed E-state index contributed by atoms with van der Waals surface area (Å²) in [4.78, 5) is 14.2. The molecule has 0 amide bonds. The smallest absolute Gasteiger partial charge is 0.406 e. The predicted octanol–water partition coefficient (Wildman–Crippen LogP) is 2.64. The summed E-state index contributed by atoms with van der Waals surface area (Å²) in [5.41, 5.74) is 2.12. The van der Waals surface area contributed by atoms with Gasteiger partial charge in [0.2, 0.25) is 12.1 Å². The molecular weight excluding hydrogens is 340 g/mol. The highest BCUT2D eigenvalue weighted by atomic mass is 79.9. The van der Waals surface area contributed by atoms with Crippen molar-refractivity contribution >= 4 is 27.6 Å². The Kier molecular flexibility index (Phi) is 3.54. The number of imidazole rings is 1. The average Bonchev–Trinajstić information content (AvgIpc) is 3.02. The molecule has 2 heterocycles. The predicted molar refractivity (Wildman–Crippen MR) is 80.5 cm³/mol. The van der Waals surface area contributed by atoms with Crippen LogP contribution in [0.3, 0.4) is 0 Å². The zero-order valence-electron chi connectivity index (χ0n) is 11.3. The first kappa shape index (κ1) is 13.9. The SMILES string of the molecule is Cn1cnc([N+](=O)[O-])c1NCc1cc(Br)cc2c1OCC2. The first-order valence-corrected chi connectivity index (χ1v) is 7.19. The van der Waals surface area contributed by atoms with Crippen LogP contribution < -0.4 is 10.1 Å². The molecule has 0 saturated heterocycles. The zero-order chi connectivity index (χ0) is 15.0. The van der Waals surface area contributed by atoms with Crippen LogP contribution in [0.15, 0.2) is 22.9 Å². The summed E-state index contributed by atoms with van der Waals surface area (Å²) < 4.78 is 8.21. The summed E-state index contributed by atoms with van der Waals surface area (Å²) in [6.45, 7) is 1.10. The molecule has 8 heteroatoms. The van der Waals surface area contributed by atoms with E-state index in [-0.39, 0.29) is 5.82 Å². The average molecular weight is 353 g/mol. The topological polar surface area (TPSA) is 82.2 Å². The summed E-state index contributed by atoms with van der Waals surface area (Å²) in [7, 11) is 1.71. The van der Waals surface area contributed by atoms with Crippen LogP contribution in [0.4, 0.5) is 11.6 Å². The number of aromatic nitrogens is 2. The molecule has 0 bridgehead atoms. The minimum absolute atomic E-state index is 0.176. The van der Waals surface area contributed by atoms with Crippen molar-refractivity contribution in [2.45, 2.75) is 13.0 Å². The second-order valence-corrected chi connectivity index (χ2v) is 5.71. The van der Waals surface area contributed by atoms with E-state index in [9.17, 15) is 10.1 Å². The number of rotatable bonds is 4. The van der Waals surface area contributed by atoms with Crippen LogP contribution in [0.2, 0.25) is 0 Å². The van der Waals surface area contributed by atoms with Crippen molar-refractivity contribution in [2.75, 3.05) is 11.9 Å². The van der Waals surface area contributed by atoms with Crippen molar-refractivity contribution in [3.8, 4) is 5.75 Å². The maximum absolute atomic E-state index is 10.9. The van der Waals surface area contributed by atoms with E-state index in [4.69, 9.17) is 4.74 Å². The minimum Gasteiger partial charge on any atom is -0.493 e. The number of fused-ring (bicyclic) bond motifs is 1. The summed E-state index contributed by atoms with van der Waals surface area (Å²) in [6.07, 6.45) is 2.30. The molecule has 0 atom stereocenters. The van der Waals surface area contributed by atoms with E-state index in [1.165, 1.54) is 6.33 Å². The molecule has 1 aromatic heterocycles. The highest BCUT2D eigenvalue weighted by molar-refractivity contribution is 9.10. The van der Waals surface area contributed by atoms with Crippen LogP contribution in [-0.4, -0.2) is 21.1 Å². The molecular formula is C13H13BrN4O3. The number of nitro groups is 1. The molecule has 1 N–H and O–H groups in total. The first-order chi connectivity index (χ1) is 10.1. The van der Waals surface area contributed by atoms with E-state index < -0.39 is 4.92 Å². The number of hydrogen-bond donors (Lipinski definition) is 1. The van der Waals surface area contributed by atoms with Gasteiger partial charge in [0.05, 0.1) is 6.61 Å². The Labute approximate surface area is 129 Å². The third kappa shape index (κ3) is 2.58. The van der Waals surface area contributed by atoms with Gasteiger partial charge in [-0.25, -0.2) is 0 Å². The maximum Gasteiger partial charge on any atom is 0.406 e. The van der Waals surface area contributed by atoms with Crippen LogP contribution in [0, 0.1) is 10.1 Å². The lowest BCUT2D eigenvalue weighted by molar-refractivity contribution is -0.388. The van der Waals surface area contributed by atoms with Crippen molar-refractivity contribution in [1.82, 2.24) is 9.55 Å². The van der Waals surface area contributed by atoms with Crippen LogP contribution in [0.25, 0.3) is 0 Å². The Morgan fingerprint density at radius 2 is 2.38 bits per heavy atom. The Balaban J connectivity index is 1.86. The largest absolute Gasteiger partial charge is 0.493 e. The van der Waals surface area contributed by atoms with Crippen molar-refractivity contribution in [1.29, 1.82) is 0 Å². The van der Waals surface area contributed by atoms with Gasteiger partial charge in [-0.2, -0.15) is 0 Å². The van der Waals surface area contributed by atoms with Crippen molar-refractivity contribution in [2.24, 2.45) is 7.05 Å². The lowest BCUT2D eigenvalue weighted by Gasteiger charge is -2.11. The Morgan fingerprint density at radius 1 is 1.57 bits per heavy atom. The molecule has 0 unspecified atom stereocenters. The Morgan fingerprint density at radius 3 is 3.14 bits per heavy atom. The van der Waals surface area contributed by atoms with Gasteiger partial charge in [-0.1, -0.05) is 15.9 Å². The molecule has 0 fully saturated rings. The number of ether oxygens (including phenoxy) is 1. The molecule has 0 radical (unpaired) electrons. The zero-order valence-corrected chi connectivity index (χ0v) is 12.9. The van der Waals surface area contributed by atoms with Crippen LogP contribution in [0.1, 0.15) is 11.1 Å². The van der Waals surface area contributed by atoms with Gasteiger partial charge in [0, 0.05) is 30.0 Å². The monoisotopic (exact) mass is 352 g/mol. The number of nitrogens with one attached hydrogen (secondary N) is 1. The Hall–Kier alpha value is -2.09. The molecule has 1 aliphatic rings. The number of halogens is 1. The molecule has 110 valence electrons. The summed E-state index contributed by atoms with van der Waals surface area (Å²) in [6, 6.07) is 4.00. The molecule has 1 aromatic carbocycles. The van der Waals surface area contributed by atoms with Crippen molar-refractivity contribution in [3.63, 3.8) is 0 Å². The van der Waals surface area contributed by atoms with Gasteiger partial charge in [0.15, 0.2) is 0 Å². The molecule has 2 aromatic rings. The molecule has 21 heavy (non-hydrogen) atoms. The summed E-state index contributed by atoms with van der Waals surface area (Å²) >= 11 is 3.48. The molecule has 0 spiro atoms. The van der Waals surface area contributed by atoms with Gasteiger partial charge in [-0.3, -0.25) is 4.57 Å². The summed E-state index contributed by atoms with van der Waals surface area (Å²) in [5.74, 6) is 1.08. The molecule has 0 saturated carbocycles. The van der Waals surface area contributed by atoms with Gasteiger partial charge in [0.1, 0.15) is 5.75 Å². The third-order valence-corrected chi connectivity index (χ3v) is 3.82. The van der Waals surface area contributed by atoms with E-state index in [2.05, 4.69) is 26.2 Å². The van der Waals surface area contributed by atoms with Gasteiger partial charge in [-0.15, -0.1) is 0 Å².